The Morgan fingerprint density at radius 3 is 2.93 bits per heavy atom. The number of hydrogen-bond acceptors (Lipinski definition) is 6. The van der Waals surface area contributed by atoms with Crippen LogP contribution in [0.3, 0.4) is 0 Å². The number of imidazole rings is 1. The van der Waals surface area contributed by atoms with Gasteiger partial charge in [0.25, 0.3) is 0 Å². The van der Waals surface area contributed by atoms with Gasteiger partial charge >= 0.3 is 0 Å². The number of amides is 1. The minimum atomic E-state index is -0.269. The lowest BCUT2D eigenvalue weighted by Gasteiger charge is -2.26. The van der Waals surface area contributed by atoms with Crippen molar-refractivity contribution in [3.8, 4) is 0 Å². The molecule has 1 fully saturated rings. The second kappa shape index (κ2) is 7.65. The molecule has 28 heavy (non-hydrogen) atoms. The summed E-state index contributed by atoms with van der Waals surface area (Å²) in [5, 5.41) is 0. The molecule has 0 radical (unpaired) electrons. The summed E-state index contributed by atoms with van der Waals surface area (Å²) in [6.45, 7) is 4.75. The second-order valence-corrected chi connectivity index (χ2v) is 7.29. The van der Waals surface area contributed by atoms with E-state index in [0.717, 1.165) is 29.1 Å². The molecule has 3 aromatic rings. The molecule has 3 heterocycles. The second-order valence-electron chi connectivity index (χ2n) is 7.29. The fraction of sp³-hybridized carbons (Fsp3) is 0.400. The van der Waals surface area contributed by atoms with Crippen molar-refractivity contribution in [3.05, 3.63) is 54.4 Å². The van der Waals surface area contributed by atoms with Crippen molar-refractivity contribution < 1.29 is 4.79 Å². The molecule has 2 N–H and O–H groups in total. The SMILES string of the molecule is Cc1nc2ccccc2n1CC1CC(C(=O)N(C)C(C)c2ccncn2)NN1. The van der Waals surface area contributed by atoms with E-state index in [-0.39, 0.29) is 24.0 Å². The summed E-state index contributed by atoms with van der Waals surface area (Å²) < 4.78 is 2.20. The molecule has 1 aliphatic rings. The van der Waals surface area contributed by atoms with E-state index >= 15 is 0 Å². The zero-order valence-corrected chi connectivity index (χ0v) is 16.3. The van der Waals surface area contributed by atoms with E-state index in [4.69, 9.17) is 0 Å². The van der Waals surface area contributed by atoms with Crippen LogP contribution >= 0.6 is 0 Å². The molecular formula is C20H25N7O. The number of fused-ring (bicyclic) bond motifs is 1. The topological polar surface area (TPSA) is 88.0 Å². The standard InChI is InChI=1S/C20H25N7O/c1-13(16-8-9-21-12-22-16)26(3)20(28)18-10-15(24-25-18)11-27-14(2)23-17-6-4-5-7-19(17)27/h4-9,12-13,15,18,24-25H,10-11H2,1-3H3. The molecule has 3 atom stereocenters. The normalized spacial score (nSPS) is 20.4. The van der Waals surface area contributed by atoms with Crippen molar-refractivity contribution in [1.82, 2.24) is 35.3 Å². The average Bonchev–Trinajstić information content (AvgIpc) is 3.32. The lowest BCUT2D eigenvalue weighted by molar-refractivity contribution is -0.133. The van der Waals surface area contributed by atoms with Crippen LogP contribution in [0.5, 0.6) is 0 Å². The van der Waals surface area contributed by atoms with Gasteiger partial charge in [0.05, 0.1) is 22.8 Å². The number of hydrazine groups is 1. The van der Waals surface area contributed by atoms with E-state index in [9.17, 15) is 4.79 Å². The van der Waals surface area contributed by atoms with Crippen LogP contribution in [0.15, 0.2) is 42.9 Å². The molecule has 0 aliphatic carbocycles. The number of carbonyl (C=O) groups excluding carboxylic acids is 1. The molecule has 8 nitrogen and oxygen atoms in total. The van der Waals surface area contributed by atoms with E-state index in [1.165, 1.54) is 6.33 Å². The van der Waals surface area contributed by atoms with Gasteiger partial charge < -0.3 is 9.47 Å². The van der Waals surface area contributed by atoms with Crippen LogP contribution in [0.25, 0.3) is 11.0 Å². The van der Waals surface area contributed by atoms with Gasteiger partial charge in [-0.1, -0.05) is 12.1 Å². The number of para-hydroxylation sites is 2. The molecule has 2 aromatic heterocycles. The first-order valence-corrected chi connectivity index (χ1v) is 9.50. The first-order chi connectivity index (χ1) is 13.5. The van der Waals surface area contributed by atoms with Gasteiger partial charge in [-0.3, -0.25) is 10.2 Å². The zero-order chi connectivity index (χ0) is 19.7. The number of nitrogens with one attached hydrogen (secondary N) is 2. The lowest BCUT2D eigenvalue weighted by atomic mass is 10.1. The van der Waals surface area contributed by atoms with Gasteiger partial charge in [0.1, 0.15) is 18.2 Å². The monoisotopic (exact) mass is 379 g/mol. The Labute approximate surface area is 164 Å². The largest absolute Gasteiger partial charge is 0.336 e. The third-order valence-corrected chi connectivity index (χ3v) is 5.49. The molecule has 1 saturated heterocycles. The van der Waals surface area contributed by atoms with Gasteiger partial charge in [-0.2, -0.15) is 0 Å². The van der Waals surface area contributed by atoms with Crippen LogP contribution < -0.4 is 10.9 Å². The molecule has 8 heteroatoms. The summed E-state index contributed by atoms with van der Waals surface area (Å²) in [4.78, 5) is 27.5. The van der Waals surface area contributed by atoms with Crippen molar-refractivity contribution in [2.24, 2.45) is 0 Å². The van der Waals surface area contributed by atoms with Crippen molar-refractivity contribution in [1.29, 1.82) is 0 Å². The number of carbonyl (C=O) groups is 1. The maximum absolute atomic E-state index is 12.9. The Morgan fingerprint density at radius 2 is 2.14 bits per heavy atom. The average molecular weight is 379 g/mol. The number of likely N-dealkylation sites (N-methyl/N-ethyl adjacent to an activating group) is 1. The summed E-state index contributed by atoms with van der Waals surface area (Å²) >= 11 is 0. The maximum atomic E-state index is 12.9. The van der Waals surface area contributed by atoms with Crippen LogP contribution in [0.4, 0.5) is 0 Å². The molecule has 0 spiro atoms. The van der Waals surface area contributed by atoms with Crippen LogP contribution in [0.1, 0.15) is 30.9 Å². The first kappa shape index (κ1) is 18.5. The van der Waals surface area contributed by atoms with Gasteiger partial charge in [-0.25, -0.2) is 20.4 Å². The highest BCUT2D eigenvalue weighted by molar-refractivity contribution is 5.82. The van der Waals surface area contributed by atoms with E-state index in [1.54, 1.807) is 11.1 Å². The highest BCUT2D eigenvalue weighted by Crippen LogP contribution is 2.21. The minimum Gasteiger partial charge on any atom is -0.336 e. The van der Waals surface area contributed by atoms with Crippen LogP contribution in [-0.2, 0) is 11.3 Å². The molecule has 1 amide bonds. The van der Waals surface area contributed by atoms with Gasteiger partial charge in [0, 0.05) is 25.8 Å². The van der Waals surface area contributed by atoms with E-state index in [0.29, 0.717) is 6.42 Å². The summed E-state index contributed by atoms with van der Waals surface area (Å²) in [6.07, 6.45) is 3.92. The summed E-state index contributed by atoms with van der Waals surface area (Å²) in [5.41, 5.74) is 9.39. The zero-order valence-electron chi connectivity index (χ0n) is 16.3. The molecule has 146 valence electrons. The van der Waals surface area contributed by atoms with E-state index < -0.39 is 0 Å². The minimum absolute atomic E-state index is 0.0494. The quantitative estimate of drug-likeness (QED) is 0.700. The molecule has 1 aromatic carbocycles. The van der Waals surface area contributed by atoms with Gasteiger partial charge in [0.2, 0.25) is 5.91 Å². The Bertz CT molecular complexity index is 971. The van der Waals surface area contributed by atoms with Gasteiger partial charge in [-0.15, -0.1) is 0 Å². The van der Waals surface area contributed by atoms with E-state index in [2.05, 4.69) is 36.4 Å². The third-order valence-electron chi connectivity index (χ3n) is 5.49. The number of hydrogen-bond donors (Lipinski definition) is 2. The molecular weight excluding hydrogens is 354 g/mol. The molecule has 0 saturated carbocycles. The predicted octanol–water partition coefficient (Wildman–Crippen LogP) is 1.59. The predicted molar refractivity (Wildman–Crippen MR) is 106 cm³/mol. The summed E-state index contributed by atoms with van der Waals surface area (Å²) in [6, 6.07) is 9.73. The fourth-order valence-corrected chi connectivity index (χ4v) is 3.73. The molecule has 1 aliphatic heterocycles. The third kappa shape index (κ3) is 3.48. The Hall–Kier alpha value is -2.84. The fourth-order valence-electron chi connectivity index (χ4n) is 3.73. The lowest BCUT2D eigenvalue weighted by Crippen LogP contribution is -2.45. The Morgan fingerprint density at radius 1 is 1.32 bits per heavy atom. The maximum Gasteiger partial charge on any atom is 0.241 e. The van der Waals surface area contributed by atoms with Gasteiger partial charge in [0.15, 0.2) is 0 Å². The molecule has 0 bridgehead atoms. The van der Waals surface area contributed by atoms with Crippen molar-refractivity contribution >= 4 is 16.9 Å². The Balaban J connectivity index is 1.42. The summed E-state index contributed by atoms with van der Waals surface area (Å²) in [7, 11) is 1.82. The van der Waals surface area contributed by atoms with Crippen molar-refractivity contribution in [3.63, 3.8) is 0 Å². The van der Waals surface area contributed by atoms with Crippen LogP contribution in [0, 0.1) is 6.92 Å². The van der Waals surface area contributed by atoms with Crippen molar-refractivity contribution in [2.45, 2.75) is 44.9 Å². The highest BCUT2D eigenvalue weighted by atomic mass is 16.2. The highest BCUT2D eigenvalue weighted by Gasteiger charge is 2.33. The number of benzene rings is 1. The first-order valence-electron chi connectivity index (χ1n) is 9.50. The van der Waals surface area contributed by atoms with Crippen LogP contribution in [-0.4, -0.2) is 49.5 Å². The van der Waals surface area contributed by atoms with Crippen molar-refractivity contribution in [2.75, 3.05) is 7.05 Å². The van der Waals surface area contributed by atoms with E-state index in [1.807, 2.05) is 45.2 Å². The van der Waals surface area contributed by atoms with Gasteiger partial charge in [-0.05, 0) is 38.5 Å². The van der Waals surface area contributed by atoms with Crippen LogP contribution in [0.2, 0.25) is 0 Å². The Kier molecular flexibility index (Phi) is 5.06. The molecule has 4 rings (SSSR count). The number of nitrogens with zero attached hydrogens (tertiary/aromatic N) is 5. The summed E-state index contributed by atoms with van der Waals surface area (Å²) in [5.74, 6) is 1.03. The smallest absolute Gasteiger partial charge is 0.241 e. The number of aryl methyl sites for hydroxylation is 1. The molecule has 3 unspecified atom stereocenters. The number of aromatic nitrogens is 4. The number of rotatable bonds is 5.